The summed E-state index contributed by atoms with van der Waals surface area (Å²) in [7, 11) is 1.77. The first-order valence-electron chi connectivity index (χ1n) is 6.25. The van der Waals surface area contributed by atoms with Crippen molar-refractivity contribution in [3.63, 3.8) is 0 Å². The van der Waals surface area contributed by atoms with Gasteiger partial charge in [0.05, 0.1) is 15.2 Å². The van der Waals surface area contributed by atoms with Crippen LogP contribution in [-0.4, -0.2) is 10.5 Å². The lowest BCUT2D eigenvalue weighted by molar-refractivity contribution is 0.0998. The minimum absolute atomic E-state index is 0.322. The van der Waals surface area contributed by atoms with Gasteiger partial charge in [-0.05, 0) is 36.4 Å². The van der Waals surface area contributed by atoms with Crippen molar-refractivity contribution in [2.45, 2.75) is 0 Å². The van der Waals surface area contributed by atoms with Crippen molar-refractivity contribution < 1.29 is 9.18 Å². The summed E-state index contributed by atoms with van der Waals surface area (Å²) in [5.74, 6) is -0.838. The predicted octanol–water partition coefficient (Wildman–Crippen LogP) is 4.43. The van der Waals surface area contributed by atoms with Crippen LogP contribution >= 0.6 is 34.5 Å². The largest absolute Gasteiger partial charge is 0.318 e. The molecule has 0 N–H and O–H groups in total. The average Bonchev–Trinajstić information content (AvgIpc) is 2.75. The predicted molar refractivity (Wildman–Crippen MR) is 87.1 cm³/mol. The van der Waals surface area contributed by atoms with Crippen molar-refractivity contribution in [3.05, 3.63) is 62.6 Å². The van der Waals surface area contributed by atoms with Gasteiger partial charge in [-0.25, -0.2) is 4.39 Å². The Balaban J connectivity index is 2.13. The van der Waals surface area contributed by atoms with E-state index in [1.165, 1.54) is 35.6 Å². The smallest absolute Gasteiger partial charge is 0.279 e. The van der Waals surface area contributed by atoms with Crippen LogP contribution in [0.15, 0.2) is 41.4 Å². The molecule has 0 aliphatic rings. The molecule has 0 saturated heterocycles. The summed E-state index contributed by atoms with van der Waals surface area (Å²) in [6, 6.07) is 8.67. The Bertz CT molecular complexity index is 945. The van der Waals surface area contributed by atoms with Crippen molar-refractivity contribution in [2.75, 3.05) is 0 Å². The maximum atomic E-state index is 12.9. The van der Waals surface area contributed by atoms with E-state index in [-0.39, 0.29) is 0 Å². The molecule has 0 aliphatic carbocycles. The van der Waals surface area contributed by atoms with Gasteiger partial charge < -0.3 is 4.57 Å². The molecule has 22 heavy (non-hydrogen) atoms. The molecule has 0 fully saturated rings. The molecule has 3 aromatic rings. The molecule has 0 unspecified atom stereocenters. The molecule has 2 aromatic carbocycles. The van der Waals surface area contributed by atoms with Gasteiger partial charge in [0, 0.05) is 17.6 Å². The van der Waals surface area contributed by atoms with Crippen molar-refractivity contribution in [1.29, 1.82) is 0 Å². The minimum atomic E-state index is -0.440. The van der Waals surface area contributed by atoms with E-state index in [1.54, 1.807) is 23.7 Å². The summed E-state index contributed by atoms with van der Waals surface area (Å²) in [5, 5.41) is 1.02. The van der Waals surface area contributed by atoms with Gasteiger partial charge in [-0.15, -0.1) is 0 Å². The number of carbonyl (C=O) groups excluding carboxylic acids is 1. The van der Waals surface area contributed by atoms with E-state index >= 15 is 0 Å². The number of nitrogens with zero attached hydrogens (tertiary/aromatic N) is 2. The molecular weight excluding hydrogens is 346 g/mol. The van der Waals surface area contributed by atoms with Gasteiger partial charge in [-0.3, -0.25) is 4.79 Å². The van der Waals surface area contributed by atoms with E-state index < -0.39 is 11.7 Å². The highest BCUT2D eigenvalue weighted by molar-refractivity contribution is 7.16. The monoisotopic (exact) mass is 354 g/mol. The van der Waals surface area contributed by atoms with E-state index in [1.807, 2.05) is 0 Å². The molecule has 1 aromatic heterocycles. The van der Waals surface area contributed by atoms with Crippen LogP contribution in [0.3, 0.4) is 0 Å². The number of hydrogen-bond acceptors (Lipinski definition) is 2. The number of rotatable bonds is 1. The van der Waals surface area contributed by atoms with Crippen LogP contribution in [0.1, 0.15) is 10.4 Å². The molecular formula is C15H9Cl2FN2OS. The Morgan fingerprint density at radius 2 is 1.91 bits per heavy atom. The van der Waals surface area contributed by atoms with Crippen LogP contribution in [0.5, 0.6) is 0 Å². The maximum Gasteiger partial charge on any atom is 0.279 e. The highest BCUT2D eigenvalue weighted by Crippen LogP contribution is 2.29. The van der Waals surface area contributed by atoms with Gasteiger partial charge in [0.25, 0.3) is 5.91 Å². The maximum absolute atomic E-state index is 12.9. The molecule has 0 saturated carbocycles. The van der Waals surface area contributed by atoms with E-state index in [9.17, 15) is 9.18 Å². The quantitative estimate of drug-likeness (QED) is 0.636. The Morgan fingerprint density at radius 1 is 1.23 bits per heavy atom. The number of fused-ring (bicyclic) bond motifs is 1. The summed E-state index contributed by atoms with van der Waals surface area (Å²) in [4.78, 5) is 16.7. The molecule has 0 bridgehead atoms. The average molecular weight is 355 g/mol. The summed E-state index contributed by atoms with van der Waals surface area (Å²) >= 11 is 13.5. The van der Waals surface area contributed by atoms with Gasteiger partial charge >= 0.3 is 0 Å². The second kappa shape index (κ2) is 5.83. The number of carbonyl (C=O) groups is 1. The Kier molecular flexibility index (Phi) is 4.04. The van der Waals surface area contributed by atoms with Gasteiger partial charge in [0.1, 0.15) is 5.82 Å². The summed E-state index contributed by atoms with van der Waals surface area (Å²) in [6.45, 7) is 0. The van der Waals surface area contributed by atoms with Gasteiger partial charge in [-0.1, -0.05) is 34.5 Å². The van der Waals surface area contributed by atoms with Crippen LogP contribution in [0.2, 0.25) is 10.0 Å². The SMILES string of the molecule is Cn1c(=NC(=O)c2ccc(F)cc2)sc2cc(Cl)cc(Cl)c21. The standard InChI is InChI=1S/C15H9Cl2FN2OS/c1-20-13-11(17)6-9(16)7-12(13)22-15(20)19-14(21)8-2-4-10(18)5-3-8/h2-7H,1H3. The van der Waals surface area contributed by atoms with Gasteiger partial charge in [0.15, 0.2) is 4.80 Å². The van der Waals surface area contributed by atoms with Crippen LogP contribution in [0.25, 0.3) is 10.2 Å². The third-order valence-electron chi connectivity index (χ3n) is 3.11. The topological polar surface area (TPSA) is 34.4 Å². The zero-order chi connectivity index (χ0) is 15.9. The van der Waals surface area contributed by atoms with Crippen LogP contribution in [0, 0.1) is 5.82 Å². The molecule has 0 aliphatic heterocycles. The Hall–Kier alpha value is -1.69. The van der Waals surface area contributed by atoms with Crippen LogP contribution in [-0.2, 0) is 7.05 Å². The van der Waals surface area contributed by atoms with E-state index in [4.69, 9.17) is 23.2 Å². The Labute approximate surface area is 139 Å². The third kappa shape index (κ3) is 2.79. The lowest BCUT2D eigenvalue weighted by Gasteiger charge is -1.99. The minimum Gasteiger partial charge on any atom is -0.318 e. The first-order valence-corrected chi connectivity index (χ1v) is 7.82. The summed E-state index contributed by atoms with van der Waals surface area (Å²) < 4.78 is 15.5. The molecule has 1 amide bonds. The molecule has 0 radical (unpaired) electrons. The van der Waals surface area contributed by atoms with Crippen molar-refractivity contribution in [3.8, 4) is 0 Å². The number of hydrogen-bond donors (Lipinski definition) is 0. The fourth-order valence-electron chi connectivity index (χ4n) is 2.05. The molecule has 112 valence electrons. The first-order chi connectivity index (χ1) is 10.5. The van der Waals surface area contributed by atoms with Crippen molar-refractivity contribution in [2.24, 2.45) is 12.0 Å². The Morgan fingerprint density at radius 3 is 2.59 bits per heavy atom. The third-order valence-corrected chi connectivity index (χ3v) is 4.69. The number of benzene rings is 2. The number of thiazole rings is 1. The van der Waals surface area contributed by atoms with Crippen LogP contribution in [0.4, 0.5) is 4.39 Å². The molecule has 3 rings (SSSR count). The highest BCUT2D eigenvalue weighted by atomic mass is 35.5. The van der Waals surface area contributed by atoms with Crippen LogP contribution < -0.4 is 4.80 Å². The second-order valence-electron chi connectivity index (χ2n) is 4.60. The normalized spacial score (nSPS) is 12.1. The molecule has 3 nitrogen and oxygen atoms in total. The lowest BCUT2D eigenvalue weighted by atomic mass is 10.2. The number of aromatic nitrogens is 1. The molecule has 0 spiro atoms. The van der Waals surface area contributed by atoms with Gasteiger partial charge in [-0.2, -0.15) is 4.99 Å². The molecule has 0 atom stereocenters. The number of aryl methyl sites for hydroxylation is 1. The zero-order valence-electron chi connectivity index (χ0n) is 11.3. The fraction of sp³-hybridized carbons (Fsp3) is 0.0667. The first kappa shape index (κ1) is 15.2. The summed E-state index contributed by atoms with van der Waals surface area (Å²) in [5.41, 5.74) is 1.09. The number of amides is 1. The van der Waals surface area contributed by atoms with E-state index in [0.29, 0.717) is 20.4 Å². The van der Waals surface area contributed by atoms with E-state index in [0.717, 1.165) is 10.2 Å². The number of halogens is 3. The highest BCUT2D eigenvalue weighted by Gasteiger charge is 2.10. The molecule has 1 heterocycles. The zero-order valence-corrected chi connectivity index (χ0v) is 13.6. The fourth-order valence-corrected chi connectivity index (χ4v) is 3.87. The molecule has 7 heteroatoms. The summed E-state index contributed by atoms with van der Waals surface area (Å²) in [6.07, 6.45) is 0. The lowest BCUT2D eigenvalue weighted by Crippen LogP contribution is -2.13. The van der Waals surface area contributed by atoms with Gasteiger partial charge in [0.2, 0.25) is 0 Å². The second-order valence-corrected chi connectivity index (χ2v) is 6.45. The van der Waals surface area contributed by atoms with Crippen molar-refractivity contribution in [1.82, 2.24) is 4.57 Å². The van der Waals surface area contributed by atoms with Crippen molar-refractivity contribution >= 4 is 50.7 Å². The van der Waals surface area contributed by atoms with E-state index in [2.05, 4.69) is 4.99 Å².